The highest BCUT2D eigenvalue weighted by Crippen LogP contribution is 2.45. The number of carbonyl (C=O) groups excluding carboxylic acids is 4. The first-order chi connectivity index (χ1) is 50.4. The Morgan fingerprint density at radius 1 is 0.260 bits per heavy atom. The lowest BCUT2D eigenvalue weighted by Crippen LogP contribution is -2.30. The summed E-state index contributed by atoms with van der Waals surface area (Å²) < 4.78 is 68.8. The minimum atomic E-state index is -4.96. The average Bonchev–Trinajstić information content (AvgIpc) is 0.903. The van der Waals surface area contributed by atoms with Crippen LogP contribution in [0.1, 0.15) is 452 Å². The maximum atomic E-state index is 13.1. The summed E-state index contributed by atoms with van der Waals surface area (Å²) in [5.41, 5.74) is 0. The quantitative estimate of drug-likeness (QED) is 0.0222. The van der Waals surface area contributed by atoms with Crippen molar-refractivity contribution in [3.63, 3.8) is 0 Å². The zero-order valence-corrected chi connectivity index (χ0v) is 70.1. The van der Waals surface area contributed by atoms with E-state index in [1.54, 1.807) is 0 Å². The fraction of sp³-hybridized carbons (Fsp3) is 0.953. The van der Waals surface area contributed by atoms with Crippen molar-refractivity contribution in [2.45, 2.75) is 471 Å². The molecule has 0 saturated carbocycles. The number of aliphatic hydroxyl groups is 1. The molecule has 0 amide bonds. The van der Waals surface area contributed by atoms with Crippen molar-refractivity contribution in [3.05, 3.63) is 0 Å². The highest BCUT2D eigenvalue weighted by Gasteiger charge is 2.30. The number of aliphatic hydroxyl groups excluding tert-OH is 1. The van der Waals surface area contributed by atoms with Crippen LogP contribution >= 0.6 is 15.6 Å². The molecule has 0 bridgehead atoms. The largest absolute Gasteiger partial charge is 0.472 e. The van der Waals surface area contributed by atoms with Gasteiger partial charge >= 0.3 is 39.5 Å². The summed E-state index contributed by atoms with van der Waals surface area (Å²) in [6.45, 7) is 9.58. The molecule has 19 heteroatoms. The van der Waals surface area contributed by atoms with Crippen molar-refractivity contribution in [2.24, 2.45) is 11.8 Å². The molecule has 0 aliphatic heterocycles. The molecule has 0 fully saturated rings. The number of unbranched alkanes of at least 4 members (excludes halogenated alkanes) is 54. The summed E-state index contributed by atoms with van der Waals surface area (Å²) in [6, 6.07) is 0. The van der Waals surface area contributed by atoms with E-state index >= 15 is 0 Å². The van der Waals surface area contributed by atoms with Crippen LogP contribution in [0.2, 0.25) is 0 Å². The molecule has 0 rings (SSSR count). The predicted molar refractivity (Wildman–Crippen MR) is 428 cm³/mol. The van der Waals surface area contributed by atoms with Crippen molar-refractivity contribution < 1.29 is 80.2 Å². The molecule has 0 spiro atoms. The summed E-state index contributed by atoms with van der Waals surface area (Å²) in [4.78, 5) is 73.1. The second kappa shape index (κ2) is 76.4. The van der Waals surface area contributed by atoms with Gasteiger partial charge in [0.15, 0.2) is 12.2 Å². The number of hydrogen-bond donors (Lipinski definition) is 3. The second-order valence-corrected chi connectivity index (χ2v) is 34.4. The summed E-state index contributed by atoms with van der Waals surface area (Å²) >= 11 is 0. The minimum Gasteiger partial charge on any atom is -0.462 e. The number of phosphoric acid groups is 2. The zero-order chi connectivity index (χ0) is 76.4. The number of ether oxygens (including phenoxy) is 4. The third-order valence-electron chi connectivity index (χ3n) is 20.0. The van der Waals surface area contributed by atoms with Crippen LogP contribution in [0.4, 0.5) is 0 Å². The third kappa shape index (κ3) is 78.2. The molecule has 0 aromatic carbocycles. The molecule has 104 heavy (non-hydrogen) atoms. The SMILES string of the molecule is CCCCCCCCCCCCCCCCCCCCCCC(=O)OC[C@H](COP(=O)(O)OC[C@@H](O)COP(=O)(O)OC[C@@H](COC(=O)CCCCCCCCC(C)C)OC(=O)CCCCCCCCCCCCCCC(C)C)OC(=O)CCCCCCCCCCCCCCCCCCCCCC. The fourth-order valence-electron chi connectivity index (χ4n) is 13.2. The van der Waals surface area contributed by atoms with E-state index < -0.39 is 97.5 Å². The topological polar surface area (TPSA) is 237 Å². The number of rotatable bonds is 84. The first kappa shape index (κ1) is 102. The summed E-state index contributed by atoms with van der Waals surface area (Å²) in [5.74, 6) is -0.651. The van der Waals surface area contributed by atoms with E-state index in [9.17, 15) is 43.2 Å². The minimum absolute atomic E-state index is 0.106. The van der Waals surface area contributed by atoms with Crippen LogP contribution in [-0.2, 0) is 65.4 Å². The maximum Gasteiger partial charge on any atom is 0.472 e. The molecule has 3 N–H and O–H groups in total. The van der Waals surface area contributed by atoms with Crippen LogP contribution in [0.5, 0.6) is 0 Å². The number of esters is 4. The van der Waals surface area contributed by atoms with Crippen molar-refractivity contribution in [1.29, 1.82) is 0 Å². The number of carbonyl (C=O) groups is 4. The number of hydrogen-bond acceptors (Lipinski definition) is 15. The van der Waals surface area contributed by atoms with Gasteiger partial charge in [-0.15, -0.1) is 0 Å². The summed E-state index contributed by atoms with van der Waals surface area (Å²) in [6.07, 6.45) is 68.4. The van der Waals surface area contributed by atoms with E-state index in [1.165, 1.54) is 263 Å². The molecule has 0 aromatic rings. The third-order valence-corrected chi connectivity index (χ3v) is 21.9. The Kier molecular flexibility index (Phi) is 75.0. The van der Waals surface area contributed by atoms with Crippen molar-refractivity contribution in [2.75, 3.05) is 39.6 Å². The average molecular weight is 1520 g/mol. The first-order valence-electron chi connectivity index (χ1n) is 44.0. The fourth-order valence-corrected chi connectivity index (χ4v) is 14.8. The van der Waals surface area contributed by atoms with E-state index in [0.29, 0.717) is 31.6 Å². The zero-order valence-electron chi connectivity index (χ0n) is 68.3. The van der Waals surface area contributed by atoms with E-state index in [2.05, 4.69) is 41.5 Å². The molecule has 17 nitrogen and oxygen atoms in total. The van der Waals surface area contributed by atoms with Gasteiger partial charge < -0.3 is 33.8 Å². The van der Waals surface area contributed by atoms with Gasteiger partial charge in [0.2, 0.25) is 0 Å². The van der Waals surface area contributed by atoms with Gasteiger partial charge in [0.1, 0.15) is 19.3 Å². The Morgan fingerprint density at radius 2 is 0.442 bits per heavy atom. The Morgan fingerprint density at radius 3 is 0.654 bits per heavy atom. The van der Waals surface area contributed by atoms with Crippen LogP contribution in [0, 0.1) is 11.8 Å². The van der Waals surface area contributed by atoms with Gasteiger partial charge in [-0.3, -0.25) is 37.3 Å². The van der Waals surface area contributed by atoms with Crippen LogP contribution in [0.3, 0.4) is 0 Å². The Hall–Kier alpha value is -1.94. The summed E-state index contributed by atoms with van der Waals surface area (Å²) in [7, 11) is -9.92. The predicted octanol–water partition coefficient (Wildman–Crippen LogP) is 25.8. The smallest absolute Gasteiger partial charge is 0.462 e. The van der Waals surface area contributed by atoms with Gasteiger partial charge in [0.05, 0.1) is 26.4 Å². The van der Waals surface area contributed by atoms with Crippen LogP contribution in [-0.4, -0.2) is 96.7 Å². The van der Waals surface area contributed by atoms with Crippen LogP contribution < -0.4 is 0 Å². The van der Waals surface area contributed by atoms with Crippen LogP contribution in [0.15, 0.2) is 0 Å². The highest BCUT2D eigenvalue weighted by atomic mass is 31.2. The lowest BCUT2D eigenvalue weighted by molar-refractivity contribution is -0.161. The lowest BCUT2D eigenvalue weighted by Gasteiger charge is -2.21. The van der Waals surface area contributed by atoms with Gasteiger partial charge in [-0.1, -0.05) is 401 Å². The molecule has 618 valence electrons. The molecular weight excluding hydrogens is 1350 g/mol. The second-order valence-electron chi connectivity index (χ2n) is 31.5. The van der Waals surface area contributed by atoms with E-state index in [4.69, 9.17) is 37.0 Å². The molecule has 0 saturated heterocycles. The van der Waals surface area contributed by atoms with Crippen molar-refractivity contribution in [1.82, 2.24) is 0 Å². The van der Waals surface area contributed by atoms with Gasteiger partial charge in [-0.25, -0.2) is 9.13 Å². The highest BCUT2D eigenvalue weighted by molar-refractivity contribution is 7.47. The van der Waals surface area contributed by atoms with Gasteiger partial charge in [-0.05, 0) is 37.5 Å². The lowest BCUT2D eigenvalue weighted by atomic mass is 10.0. The molecule has 2 unspecified atom stereocenters. The normalized spacial score (nSPS) is 13.8. The molecule has 0 aliphatic rings. The molecule has 5 atom stereocenters. The van der Waals surface area contributed by atoms with Crippen LogP contribution in [0.25, 0.3) is 0 Å². The van der Waals surface area contributed by atoms with E-state index in [-0.39, 0.29) is 25.7 Å². The van der Waals surface area contributed by atoms with Crippen molar-refractivity contribution in [3.8, 4) is 0 Å². The first-order valence-corrected chi connectivity index (χ1v) is 47.0. The standard InChI is InChI=1S/C85H166O17P2/c1-7-9-11-13-15-17-19-21-23-25-27-29-31-33-35-40-44-48-55-61-67-82(87)95-73-80(101-84(89)69-63-57-49-45-41-36-34-32-30-28-26-24-22-20-18-16-14-12-10-8-2)75-99-103(91,92)97-71-79(86)72-98-104(93,94)100-76-81(74-96-83(88)68-62-56-52-51-54-60-66-78(5)6)102-85(90)70-64-58-50-46-42-38-37-39-43-47-53-59-65-77(3)4/h77-81,86H,7-76H2,1-6H3,(H,91,92)(H,93,94)/t79-,80-,81-/m1/s1. The van der Waals surface area contributed by atoms with Gasteiger partial charge in [0, 0.05) is 25.7 Å². The Balaban J connectivity index is 5.21. The summed E-state index contributed by atoms with van der Waals surface area (Å²) in [5, 5.41) is 10.7. The molecular formula is C85H166O17P2. The van der Waals surface area contributed by atoms with Gasteiger partial charge in [-0.2, -0.15) is 0 Å². The monoisotopic (exact) mass is 1520 g/mol. The van der Waals surface area contributed by atoms with Gasteiger partial charge in [0.25, 0.3) is 0 Å². The molecule has 0 heterocycles. The Labute approximate surface area is 638 Å². The van der Waals surface area contributed by atoms with E-state index in [0.717, 1.165) is 102 Å². The molecule has 0 radical (unpaired) electrons. The number of phosphoric ester groups is 2. The maximum absolute atomic E-state index is 13.1. The molecule has 0 aliphatic carbocycles. The van der Waals surface area contributed by atoms with E-state index in [1.807, 2.05) is 0 Å². The Bertz CT molecular complexity index is 1990. The van der Waals surface area contributed by atoms with Crippen molar-refractivity contribution >= 4 is 39.5 Å². The molecule has 0 aromatic heterocycles.